The second kappa shape index (κ2) is 3.26. The summed E-state index contributed by atoms with van der Waals surface area (Å²) in [5, 5.41) is 8.41. The van der Waals surface area contributed by atoms with E-state index in [4.69, 9.17) is 5.26 Å². The van der Waals surface area contributed by atoms with E-state index in [-0.39, 0.29) is 10.5 Å². The normalized spacial score (nSPS) is 11.0. The second-order valence-corrected chi connectivity index (χ2v) is 2.68. The molecule has 0 atom stereocenters. The molecule has 0 bridgehead atoms. The van der Waals surface area contributed by atoms with Crippen molar-refractivity contribution in [2.75, 3.05) is 0 Å². The first-order chi connectivity index (χ1) is 5.95. The van der Waals surface area contributed by atoms with Crippen molar-refractivity contribution in [2.24, 2.45) is 0 Å². The summed E-state index contributed by atoms with van der Waals surface area (Å²) in [6.07, 6.45) is -3.61. The highest BCUT2D eigenvalue weighted by Crippen LogP contribution is 2.28. The average molecular weight is 204 g/mol. The fraction of sp³-hybridized carbons (Fsp3) is 0.143. The first kappa shape index (κ1) is 9.86. The summed E-state index contributed by atoms with van der Waals surface area (Å²) in [4.78, 5) is 3.24. The molecule has 0 aromatic carbocycles. The third-order valence-corrected chi connectivity index (χ3v) is 1.65. The van der Waals surface area contributed by atoms with Crippen molar-refractivity contribution < 1.29 is 13.2 Å². The highest BCUT2D eigenvalue weighted by atomic mass is 32.1. The molecule has 68 valence electrons. The number of hydrogen-bond acceptors (Lipinski definition) is 3. The summed E-state index contributed by atoms with van der Waals surface area (Å²) < 4.78 is 36.1. The third-order valence-electron chi connectivity index (χ3n) is 1.29. The minimum Gasteiger partial charge on any atom is -0.251 e. The van der Waals surface area contributed by atoms with Gasteiger partial charge < -0.3 is 0 Å². The van der Waals surface area contributed by atoms with Gasteiger partial charge >= 0.3 is 6.18 Å². The van der Waals surface area contributed by atoms with E-state index in [1.807, 2.05) is 0 Å². The van der Waals surface area contributed by atoms with E-state index in [0.29, 0.717) is 6.07 Å². The molecule has 0 aliphatic heterocycles. The molecule has 0 amide bonds. The molecule has 1 aromatic rings. The summed E-state index contributed by atoms with van der Waals surface area (Å²) in [6, 6.07) is 2.26. The standard InChI is InChI=1S/C7H3F3N2S/c8-7(9,10)6-1-4(2-11)5(13)3-12-6/h1,3,13H. The van der Waals surface area contributed by atoms with Crippen molar-refractivity contribution in [3.05, 3.63) is 23.5 Å². The number of thiol groups is 1. The largest absolute Gasteiger partial charge is 0.433 e. The second-order valence-electron chi connectivity index (χ2n) is 2.20. The minimum absolute atomic E-state index is 0.134. The maximum Gasteiger partial charge on any atom is 0.433 e. The number of aromatic nitrogens is 1. The molecule has 1 aromatic heterocycles. The van der Waals surface area contributed by atoms with Crippen LogP contribution in [0.3, 0.4) is 0 Å². The lowest BCUT2D eigenvalue weighted by atomic mass is 10.2. The molecule has 0 aliphatic rings. The zero-order chi connectivity index (χ0) is 10.1. The Balaban J connectivity index is 3.24. The van der Waals surface area contributed by atoms with Crippen LogP contribution in [-0.2, 0) is 6.18 Å². The number of alkyl halides is 3. The average Bonchev–Trinajstić information content (AvgIpc) is 2.03. The molecule has 0 spiro atoms. The predicted molar refractivity (Wildman–Crippen MR) is 41.2 cm³/mol. The van der Waals surface area contributed by atoms with Crippen LogP contribution in [0.1, 0.15) is 11.3 Å². The van der Waals surface area contributed by atoms with Gasteiger partial charge in [0.1, 0.15) is 11.8 Å². The van der Waals surface area contributed by atoms with E-state index in [1.54, 1.807) is 6.07 Å². The molecular weight excluding hydrogens is 201 g/mol. The predicted octanol–water partition coefficient (Wildman–Crippen LogP) is 2.26. The maximum absolute atomic E-state index is 12.0. The lowest BCUT2D eigenvalue weighted by Crippen LogP contribution is -2.08. The van der Waals surface area contributed by atoms with Gasteiger partial charge in [0.2, 0.25) is 0 Å². The minimum atomic E-state index is -4.52. The fourth-order valence-electron chi connectivity index (χ4n) is 0.693. The Morgan fingerprint density at radius 2 is 2.08 bits per heavy atom. The van der Waals surface area contributed by atoms with E-state index in [9.17, 15) is 13.2 Å². The highest BCUT2D eigenvalue weighted by molar-refractivity contribution is 7.80. The lowest BCUT2D eigenvalue weighted by molar-refractivity contribution is -0.141. The summed E-state index contributed by atoms with van der Waals surface area (Å²) in [5.41, 5.74) is -1.22. The van der Waals surface area contributed by atoms with E-state index < -0.39 is 11.9 Å². The number of nitrogens with zero attached hydrogens (tertiary/aromatic N) is 2. The van der Waals surface area contributed by atoms with Crippen LogP contribution in [0, 0.1) is 11.3 Å². The third kappa shape index (κ3) is 2.12. The molecule has 6 heteroatoms. The van der Waals surface area contributed by atoms with Gasteiger partial charge in [-0.2, -0.15) is 18.4 Å². The van der Waals surface area contributed by atoms with Crippen molar-refractivity contribution in [1.82, 2.24) is 4.98 Å². The van der Waals surface area contributed by atoms with Gasteiger partial charge in [0.05, 0.1) is 5.56 Å². The number of halogens is 3. The van der Waals surface area contributed by atoms with Gasteiger partial charge in [0, 0.05) is 11.1 Å². The Hall–Kier alpha value is -1.22. The Morgan fingerprint density at radius 3 is 2.54 bits per heavy atom. The molecule has 0 unspecified atom stereocenters. The first-order valence-electron chi connectivity index (χ1n) is 3.11. The van der Waals surface area contributed by atoms with E-state index in [1.165, 1.54) is 0 Å². The zero-order valence-corrected chi connectivity index (χ0v) is 7.02. The number of hydrogen-bond donors (Lipinski definition) is 1. The van der Waals surface area contributed by atoms with Crippen molar-refractivity contribution >= 4 is 12.6 Å². The van der Waals surface area contributed by atoms with Crippen LogP contribution in [-0.4, -0.2) is 4.98 Å². The van der Waals surface area contributed by atoms with Crippen molar-refractivity contribution in [2.45, 2.75) is 11.1 Å². The molecule has 2 nitrogen and oxygen atoms in total. The van der Waals surface area contributed by atoms with Gasteiger partial charge in [0.25, 0.3) is 0 Å². The van der Waals surface area contributed by atoms with Crippen LogP contribution >= 0.6 is 12.6 Å². The zero-order valence-electron chi connectivity index (χ0n) is 6.13. The van der Waals surface area contributed by atoms with Gasteiger partial charge in [-0.25, -0.2) is 0 Å². The molecule has 0 saturated heterocycles. The Labute approximate surface area is 77.4 Å². The molecule has 0 saturated carbocycles. The first-order valence-corrected chi connectivity index (χ1v) is 3.56. The van der Waals surface area contributed by atoms with E-state index >= 15 is 0 Å². The van der Waals surface area contributed by atoms with Crippen molar-refractivity contribution in [3.63, 3.8) is 0 Å². The fourth-order valence-corrected chi connectivity index (χ4v) is 0.865. The molecular formula is C7H3F3N2S. The summed E-state index contributed by atoms with van der Waals surface area (Å²) in [6.45, 7) is 0. The van der Waals surface area contributed by atoms with Gasteiger partial charge in [-0.1, -0.05) is 0 Å². The molecule has 0 aliphatic carbocycles. The summed E-state index contributed by atoms with van der Waals surface area (Å²) >= 11 is 3.77. The quantitative estimate of drug-likeness (QED) is 0.658. The monoisotopic (exact) mass is 204 g/mol. The van der Waals surface area contributed by atoms with Crippen LogP contribution in [0.4, 0.5) is 13.2 Å². The number of pyridine rings is 1. The van der Waals surface area contributed by atoms with Crippen LogP contribution in [0.2, 0.25) is 0 Å². The maximum atomic E-state index is 12.0. The SMILES string of the molecule is N#Cc1cc(C(F)(F)F)ncc1S. The topological polar surface area (TPSA) is 36.7 Å². The van der Waals surface area contributed by atoms with Crippen LogP contribution < -0.4 is 0 Å². The van der Waals surface area contributed by atoms with Gasteiger partial charge in [-0.15, -0.1) is 12.6 Å². The molecule has 0 N–H and O–H groups in total. The van der Waals surface area contributed by atoms with Crippen LogP contribution in [0.15, 0.2) is 17.2 Å². The van der Waals surface area contributed by atoms with Crippen molar-refractivity contribution in [3.8, 4) is 6.07 Å². The highest BCUT2D eigenvalue weighted by Gasteiger charge is 2.32. The van der Waals surface area contributed by atoms with E-state index in [2.05, 4.69) is 17.6 Å². The molecule has 0 radical (unpaired) electrons. The smallest absolute Gasteiger partial charge is 0.251 e. The van der Waals surface area contributed by atoms with Gasteiger partial charge in [-0.05, 0) is 6.07 Å². The Kier molecular flexibility index (Phi) is 2.48. The van der Waals surface area contributed by atoms with Crippen LogP contribution in [0.5, 0.6) is 0 Å². The molecule has 13 heavy (non-hydrogen) atoms. The summed E-state index contributed by atoms with van der Waals surface area (Å²) in [5.74, 6) is 0. The van der Waals surface area contributed by atoms with Gasteiger partial charge in [0.15, 0.2) is 0 Å². The van der Waals surface area contributed by atoms with Crippen LogP contribution in [0.25, 0.3) is 0 Å². The Morgan fingerprint density at radius 1 is 1.46 bits per heavy atom. The number of rotatable bonds is 0. The molecule has 1 heterocycles. The Bertz CT molecular complexity index is 367. The number of nitriles is 1. The molecule has 0 fully saturated rings. The lowest BCUT2D eigenvalue weighted by Gasteiger charge is -2.05. The van der Waals surface area contributed by atoms with Gasteiger partial charge in [-0.3, -0.25) is 4.98 Å². The van der Waals surface area contributed by atoms with E-state index in [0.717, 1.165) is 6.20 Å². The molecule has 1 rings (SSSR count). The van der Waals surface area contributed by atoms with Crippen molar-refractivity contribution in [1.29, 1.82) is 5.26 Å². The summed E-state index contributed by atoms with van der Waals surface area (Å²) in [7, 11) is 0.